The van der Waals surface area contributed by atoms with Crippen LogP contribution in [0.2, 0.25) is 0 Å². The Labute approximate surface area is 151 Å². The molecule has 0 aliphatic carbocycles. The maximum atomic E-state index is 12.7. The second-order valence-corrected chi connectivity index (χ2v) is 5.75. The van der Waals surface area contributed by atoms with E-state index >= 15 is 0 Å². The summed E-state index contributed by atoms with van der Waals surface area (Å²) in [7, 11) is 1.66. The van der Waals surface area contributed by atoms with Gasteiger partial charge in [0.2, 0.25) is 0 Å². The number of nitrogens with one attached hydrogen (secondary N) is 2. The predicted molar refractivity (Wildman–Crippen MR) is 93.6 cm³/mol. The van der Waals surface area contributed by atoms with Gasteiger partial charge in [0, 0.05) is 33.2 Å². The summed E-state index contributed by atoms with van der Waals surface area (Å²) in [4.78, 5) is 6.41. The lowest BCUT2D eigenvalue weighted by Crippen LogP contribution is -2.45. The zero-order valence-electron chi connectivity index (χ0n) is 14.8. The van der Waals surface area contributed by atoms with Crippen LogP contribution >= 0.6 is 0 Å². The number of alkyl halides is 3. The highest BCUT2D eigenvalue weighted by Crippen LogP contribution is 2.31. The number of ether oxygens (including phenoxy) is 2. The van der Waals surface area contributed by atoms with Crippen LogP contribution in [0.4, 0.5) is 13.2 Å². The first-order valence-corrected chi connectivity index (χ1v) is 8.54. The molecule has 1 aromatic carbocycles. The monoisotopic (exact) mass is 374 g/mol. The Morgan fingerprint density at radius 2 is 1.96 bits per heavy atom. The molecule has 2 rings (SSSR count). The zero-order valence-corrected chi connectivity index (χ0v) is 14.8. The lowest BCUT2D eigenvalue weighted by Gasteiger charge is -2.26. The summed E-state index contributed by atoms with van der Waals surface area (Å²) < 4.78 is 48.6. The molecule has 1 aliphatic heterocycles. The summed E-state index contributed by atoms with van der Waals surface area (Å²) in [6.07, 6.45) is -4.37. The van der Waals surface area contributed by atoms with Gasteiger partial charge >= 0.3 is 6.18 Å². The lowest BCUT2D eigenvalue weighted by atomic mass is 10.2. The predicted octanol–water partition coefficient (Wildman–Crippen LogP) is 1.58. The van der Waals surface area contributed by atoms with Crippen molar-refractivity contribution >= 4 is 5.96 Å². The number of hydrogen-bond donors (Lipinski definition) is 2. The van der Waals surface area contributed by atoms with Crippen LogP contribution in [0.3, 0.4) is 0 Å². The number of rotatable bonds is 7. The molecule has 1 fully saturated rings. The van der Waals surface area contributed by atoms with Gasteiger partial charge in [-0.2, -0.15) is 13.2 Å². The van der Waals surface area contributed by atoms with E-state index in [9.17, 15) is 13.2 Å². The third-order valence-corrected chi connectivity index (χ3v) is 3.87. The van der Waals surface area contributed by atoms with E-state index in [1.54, 1.807) is 7.05 Å². The summed E-state index contributed by atoms with van der Waals surface area (Å²) in [6, 6.07) is 4.85. The van der Waals surface area contributed by atoms with Crippen molar-refractivity contribution < 1.29 is 22.6 Å². The molecular weight excluding hydrogens is 349 g/mol. The van der Waals surface area contributed by atoms with Crippen LogP contribution in [-0.4, -0.2) is 70.5 Å². The number of morpholine rings is 1. The molecule has 0 bridgehead atoms. The summed E-state index contributed by atoms with van der Waals surface area (Å²) in [6.45, 7) is 5.68. The first-order valence-electron chi connectivity index (χ1n) is 8.54. The van der Waals surface area contributed by atoms with Gasteiger partial charge in [0.1, 0.15) is 12.4 Å². The van der Waals surface area contributed by atoms with Crippen LogP contribution in [-0.2, 0) is 10.9 Å². The maximum absolute atomic E-state index is 12.7. The van der Waals surface area contributed by atoms with Gasteiger partial charge in [-0.15, -0.1) is 0 Å². The van der Waals surface area contributed by atoms with Crippen LogP contribution in [0.15, 0.2) is 29.3 Å². The van der Waals surface area contributed by atoms with Gasteiger partial charge < -0.3 is 20.1 Å². The summed E-state index contributed by atoms with van der Waals surface area (Å²) >= 11 is 0. The molecule has 26 heavy (non-hydrogen) atoms. The highest BCUT2D eigenvalue weighted by atomic mass is 19.4. The Balaban J connectivity index is 1.64. The molecule has 2 N–H and O–H groups in total. The Hall–Kier alpha value is -2.00. The molecule has 1 saturated heterocycles. The third kappa shape index (κ3) is 7.09. The first-order chi connectivity index (χ1) is 12.5. The van der Waals surface area contributed by atoms with Gasteiger partial charge in [-0.1, -0.05) is 6.07 Å². The van der Waals surface area contributed by atoms with E-state index in [1.807, 2.05) is 0 Å². The molecule has 0 amide bonds. The van der Waals surface area contributed by atoms with Crippen molar-refractivity contribution in [2.24, 2.45) is 4.99 Å². The average Bonchev–Trinajstić information content (AvgIpc) is 2.64. The fourth-order valence-corrected chi connectivity index (χ4v) is 2.48. The minimum Gasteiger partial charge on any atom is -0.492 e. The Kier molecular flexibility index (Phi) is 7.99. The molecule has 1 aromatic rings. The normalized spacial score (nSPS) is 16.4. The van der Waals surface area contributed by atoms with Gasteiger partial charge in [-0.3, -0.25) is 9.89 Å². The van der Waals surface area contributed by atoms with E-state index in [4.69, 9.17) is 9.47 Å². The fraction of sp³-hybridized carbons (Fsp3) is 0.588. The Morgan fingerprint density at radius 1 is 1.23 bits per heavy atom. The highest BCUT2D eigenvalue weighted by molar-refractivity contribution is 5.79. The molecule has 0 spiro atoms. The van der Waals surface area contributed by atoms with Crippen molar-refractivity contribution in [2.75, 3.05) is 59.6 Å². The SMILES string of the molecule is CN=C(NCCOc1cccc(C(F)(F)F)c1)NCCN1CCOCC1. The van der Waals surface area contributed by atoms with E-state index in [1.165, 1.54) is 12.1 Å². The number of halogens is 3. The summed E-state index contributed by atoms with van der Waals surface area (Å²) in [5, 5.41) is 6.27. The second-order valence-electron chi connectivity index (χ2n) is 5.75. The molecule has 6 nitrogen and oxygen atoms in total. The Bertz CT molecular complexity index is 575. The van der Waals surface area contributed by atoms with Gasteiger partial charge in [-0.25, -0.2) is 0 Å². The molecular formula is C17H25F3N4O2. The van der Waals surface area contributed by atoms with E-state index < -0.39 is 11.7 Å². The fourth-order valence-electron chi connectivity index (χ4n) is 2.48. The first kappa shape index (κ1) is 20.3. The van der Waals surface area contributed by atoms with Crippen molar-refractivity contribution in [1.29, 1.82) is 0 Å². The quantitative estimate of drug-likeness (QED) is 0.431. The van der Waals surface area contributed by atoms with E-state index in [0.29, 0.717) is 12.5 Å². The lowest BCUT2D eigenvalue weighted by molar-refractivity contribution is -0.137. The van der Waals surface area contributed by atoms with Crippen molar-refractivity contribution in [3.05, 3.63) is 29.8 Å². The highest BCUT2D eigenvalue weighted by Gasteiger charge is 2.30. The van der Waals surface area contributed by atoms with Crippen molar-refractivity contribution in [3.8, 4) is 5.75 Å². The maximum Gasteiger partial charge on any atom is 0.416 e. The van der Waals surface area contributed by atoms with Gasteiger partial charge in [-0.05, 0) is 18.2 Å². The summed E-state index contributed by atoms with van der Waals surface area (Å²) in [5.41, 5.74) is -0.719. The standard InChI is InChI=1S/C17H25F3N4O2/c1-21-16(22-5-7-24-8-11-25-12-9-24)23-6-10-26-15-4-2-3-14(13-15)17(18,19)20/h2-4,13H,5-12H2,1H3,(H2,21,22,23). The minimum atomic E-state index is -4.37. The molecule has 146 valence electrons. The molecule has 0 radical (unpaired) electrons. The molecule has 0 atom stereocenters. The second kappa shape index (κ2) is 10.2. The number of guanidine groups is 1. The number of nitrogens with zero attached hydrogens (tertiary/aromatic N) is 2. The molecule has 0 aromatic heterocycles. The molecule has 0 saturated carbocycles. The largest absolute Gasteiger partial charge is 0.492 e. The zero-order chi connectivity index (χ0) is 18.8. The molecule has 1 aliphatic rings. The third-order valence-electron chi connectivity index (χ3n) is 3.87. The van der Waals surface area contributed by atoms with Crippen LogP contribution < -0.4 is 15.4 Å². The van der Waals surface area contributed by atoms with Crippen LogP contribution in [0.25, 0.3) is 0 Å². The van der Waals surface area contributed by atoms with E-state index in [2.05, 4.69) is 20.5 Å². The number of hydrogen-bond acceptors (Lipinski definition) is 4. The minimum absolute atomic E-state index is 0.192. The molecule has 1 heterocycles. The average molecular weight is 374 g/mol. The number of aliphatic imine (C=N–C) groups is 1. The molecule has 9 heteroatoms. The number of benzene rings is 1. The van der Waals surface area contributed by atoms with Gasteiger partial charge in [0.05, 0.1) is 25.3 Å². The Morgan fingerprint density at radius 3 is 2.65 bits per heavy atom. The van der Waals surface area contributed by atoms with Gasteiger partial charge in [0.15, 0.2) is 5.96 Å². The van der Waals surface area contributed by atoms with Crippen LogP contribution in [0.1, 0.15) is 5.56 Å². The topological polar surface area (TPSA) is 58.1 Å². The van der Waals surface area contributed by atoms with Crippen molar-refractivity contribution in [1.82, 2.24) is 15.5 Å². The van der Waals surface area contributed by atoms with Crippen molar-refractivity contribution in [2.45, 2.75) is 6.18 Å². The van der Waals surface area contributed by atoms with E-state index in [0.717, 1.165) is 51.5 Å². The van der Waals surface area contributed by atoms with Crippen LogP contribution in [0, 0.1) is 0 Å². The molecule has 0 unspecified atom stereocenters. The summed E-state index contributed by atoms with van der Waals surface area (Å²) in [5.74, 6) is 0.822. The smallest absolute Gasteiger partial charge is 0.416 e. The van der Waals surface area contributed by atoms with Crippen molar-refractivity contribution in [3.63, 3.8) is 0 Å². The van der Waals surface area contributed by atoms with Gasteiger partial charge in [0.25, 0.3) is 0 Å². The van der Waals surface area contributed by atoms with Crippen LogP contribution in [0.5, 0.6) is 5.75 Å². The van der Waals surface area contributed by atoms with E-state index in [-0.39, 0.29) is 12.4 Å².